The van der Waals surface area contributed by atoms with Gasteiger partial charge in [0.15, 0.2) is 5.76 Å². The van der Waals surface area contributed by atoms with Crippen LogP contribution in [-0.2, 0) is 13.0 Å². The molecule has 3 aromatic rings. The zero-order chi connectivity index (χ0) is 22.9. The maximum Gasteiger partial charge on any atom is 0.232 e. The molecule has 5 rings (SSSR count). The lowest BCUT2D eigenvalue weighted by Gasteiger charge is -2.30. The average Bonchev–Trinajstić information content (AvgIpc) is 3.15. The molecule has 0 amide bonds. The second-order valence-electron chi connectivity index (χ2n) is 8.62. The van der Waals surface area contributed by atoms with Crippen molar-refractivity contribution in [2.75, 3.05) is 20.4 Å². The summed E-state index contributed by atoms with van der Waals surface area (Å²) in [4.78, 5) is 15.4. The van der Waals surface area contributed by atoms with E-state index in [1.807, 2.05) is 68.5 Å². The Morgan fingerprint density at radius 3 is 2.76 bits per heavy atom. The molecule has 2 heterocycles. The van der Waals surface area contributed by atoms with Crippen LogP contribution in [0.15, 0.2) is 60.4 Å². The van der Waals surface area contributed by atoms with E-state index in [2.05, 4.69) is 11.0 Å². The minimum absolute atomic E-state index is 0.0713. The van der Waals surface area contributed by atoms with E-state index < -0.39 is 0 Å². The molecule has 0 N–H and O–H groups in total. The third-order valence-electron chi connectivity index (χ3n) is 6.22. The summed E-state index contributed by atoms with van der Waals surface area (Å²) in [7, 11) is 1.70. The minimum Gasteiger partial charge on any atom is -0.496 e. The number of methoxy groups -OCH3 is 1. The van der Waals surface area contributed by atoms with Gasteiger partial charge in [0.1, 0.15) is 24.0 Å². The van der Waals surface area contributed by atoms with Gasteiger partial charge in [-0.25, -0.2) is 0 Å². The number of ketones is 1. The molecule has 0 saturated carbocycles. The largest absolute Gasteiger partial charge is 0.496 e. The number of fused-ring (bicyclic) bond motifs is 3. The zero-order valence-electron chi connectivity index (χ0n) is 19.2. The smallest absolute Gasteiger partial charge is 0.232 e. The van der Waals surface area contributed by atoms with E-state index in [1.54, 1.807) is 7.11 Å². The van der Waals surface area contributed by atoms with Crippen molar-refractivity contribution in [1.29, 1.82) is 0 Å². The van der Waals surface area contributed by atoms with Gasteiger partial charge in [-0.3, -0.25) is 9.69 Å². The fourth-order valence-corrected chi connectivity index (χ4v) is 4.52. The molecular weight excluding hydrogens is 414 g/mol. The number of carbonyl (C=O) groups excluding carboxylic acids is 1. The summed E-state index contributed by atoms with van der Waals surface area (Å²) in [6, 6.07) is 18.1. The SMILES string of the molecule is COc1ccccc1CCN1COc2cc(C)c3c(c2C1)O/C(=C\c1cccc(C)c1)C3=O. The van der Waals surface area contributed by atoms with Gasteiger partial charge in [-0.15, -0.1) is 0 Å². The molecule has 0 bridgehead atoms. The summed E-state index contributed by atoms with van der Waals surface area (Å²) in [5, 5.41) is 0. The number of para-hydroxylation sites is 1. The molecule has 0 unspecified atom stereocenters. The average molecular weight is 442 g/mol. The highest BCUT2D eigenvalue weighted by atomic mass is 16.5. The van der Waals surface area contributed by atoms with Gasteiger partial charge in [0, 0.05) is 13.1 Å². The normalized spacial score (nSPS) is 16.2. The highest BCUT2D eigenvalue weighted by molar-refractivity contribution is 6.15. The Labute approximate surface area is 194 Å². The first-order chi connectivity index (χ1) is 16.0. The van der Waals surface area contributed by atoms with Crippen molar-refractivity contribution in [3.63, 3.8) is 0 Å². The molecule has 0 saturated heterocycles. The molecule has 0 radical (unpaired) electrons. The molecule has 168 valence electrons. The van der Waals surface area contributed by atoms with E-state index in [0.717, 1.165) is 52.3 Å². The first kappa shape index (κ1) is 21.3. The highest BCUT2D eigenvalue weighted by Crippen LogP contribution is 2.44. The number of benzene rings is 3. The summed E-state index contributed by atoms with van der Waals surface area (Å²) in [5.41, 5.74) is 5.71. The molecule has 5 heteroatoms. The number of aryl methyl sites for hydroxylation is 2. The topological polar surface area (TPSA) is 48.0 Å². The van der Waals surface area contributed by atoms with Crippen LogP contribution in [0.4, 0.5) is 0 Å². The van der Waals surface area contributed by atoms with Crippen LogP contribution in [0, 0.1) is 13.8 Å². The zero-order valence-corrected chi connectivity index (χ0v) is 19.2. The summed E-state index contributed by atoms with van der Waals surface area (Å²) >= 11 is 0. The van der Waals surface area contributed by atoms with Crippen molar-refractivity contribution in [1.82, 2.24) is 4.90 Å². The van der Waals surface area contributed by atoms with E-state index in [-0.39, 0.29) is 5.78 Å². The van der Waals surface area contributed by atoms with Crippen LogP contribution in [0.2, 0.25) is 0 Å². The monoisotopic (exact) mass is 441 g/mol. The van der Waals surface area contributed by atoms with Crippen molar-refractivity contribution in [3.05, 3.63) is 93.7 Å². The van der Waals surface area contributed by atoms with E-state index >= 15 is 0 Å². The Morgan fingerprint density at radius 2 is 1.94 bits per heavy atom. The first-order valence-electron chi connectivity index (χ1n) is 11.2. The Balaban J connectivity index is 1.40. The van der Waals surface area contributed by atoms with Crippen LogP contribution in [0.5, 0.6) is 17.2 Å². The van der Waals surface area contributed by atoms with Crippen LogP contribution in [-0.4, -0.2) is 31.1 Å². The molecule has 0 fully saturated rings. The predicted molar refractivity (Wildman–Crippen MR) is 128 cm³/mol. The van der Waals surface area contributed by atoms with Gasteiger partial charge in [-0.2, -0.15) is 0 Å². The summed E-state index contributed by atoms with van der Waals surface area (Å²) in [6.07, 6.45) is 2.67. The van der Waals surface area contributed by atoms with Crippen LogP contribution >= 0.6 is 0 Å². The Hall–Kier alpha value is -3.57. The van der Waals surface area contributed by atoms with Gasteiger partial charge in [0.25, 0.3) is 0 Å². The first-order valence-corrected chi connectivity index (χ1v) is 11.2. The maximum absolute atomic E-state index is 13.2. The van der Waals surface area contributed by atoms with Crippen LogP contribution in [0.3, 0.4) is 0 Å². The van der Waals surface area contributed by atoms with E-state index in [1.165, 1.54) is 0 Å². The Bertz CT molecular complexity index is 1260. The van der Waals surface area contributed by atoms with Crippen LogP contribution in [0.25, 0.3) is 6.08 Å². The fourth-order valence-electron chi connectivity index (χ4n) is 4.52. The molecule has 5 nitrogen and oxygen atoms in total. The molecule has 0 atom stereocenters. The number of carbonyl (C=O) groups is 1. The summed E-state index contributed by atoms with van der Waals surface area (Å²) in [5.74, 6) is 2.61. The lowest BCUT2D eigenvalue weighted by Crippen LogP contribution is -2.34. The predicted octanol–water partition coefficient (Wildman–Crippen LogP) is 5.32. The number of nitrogens with zero attached hydrogens (tertiary/aromatic N) is 1. The second-order valence-corrected chi connectivity index (χ2v) is 8.62. The second kappa shape index (κ2) is 8.75. The van der Waals surface area contributed by atoms with Crippen molar-refractivity contribution < 1.29 is 19.0 Å². The number of rotatable bonds is 5. The van der Waals surface area contributed by atoms with E-state index in [9.17, 15) is 4.79 Å². The standard InChI is InChI=1S/C28H27NO4/c1-18-7-6-8-20(13-18)15-25-27(30)26-19(2)14-24-22(28(26)33-25)16-29(17-32-24)12-11-21-9-4-5-10-23(21)31-3/h4-10,13-15H,11-12,16-17H2,1-3H3/b25-15-. The molecule has 0 spiro atoms. The molecule has 0 aromatic heterocycles. The van der Waals surface area contributed by atoms with E-state index in [0.29, 0.717) is 30.3 Å². The van der Waals surface area contributed by atoms with Crippen LogP contribution in [0.1, 0.15) is 38.2 Å². The Morgan fingerprint density at radius 1 is 1.09 bits per heavy atom. The number of allylic oxidation sites excluding steroid dienone is 1. The Kier molecular flexibility index (Phi) is 5.65. The van der Waals surface area contributed by atoms with Gasteiger partial charge >= 0.3 is 0 Å². The third-order valence-corrected chi connectivity index (χ3v) is 6.22. The quantitative estimate of drug-likeness (QED) is 0.502. The van der Waals surface area contributed by atoms with Gasteiger partial charge in [-0.1, -0.05) is 48.0 Å². The number of Topliss-reactive ketones (excluding diaryl/α,β-unsaturated/α-hetero) is 1. The van der Waals surface area contributed by atoms with E-state index in [4.69, 9.17) is 14.2 Å². The van der Waals surface area contributed by atoms with Crippen LogP contribution < -0.4 is 14.2 Å². The molecular formula is C28H27NO4. The van der Waals surface area contributed by atoms with Crippen molar-refractivity contribution in [3.8, 4) is 17.2 Å². The van der Waals surface area contributed by atoms with Crippen molar-refractivity contribution >= 4 is 11.9 Å². The number of ether oxygens (including phenoxy) is 3. The molecule has 33 heavy (non-hydrogen) atoms. The van der Waals surface area contributed by atoms with Crippen molar-refractivity contribution in [2.45, 2.75) is 26.8 Å². The lowest BCUT2D eigenvalue weighted by molar-refractivity contribution is 0.0947. The molecule has 0 aliphatic carbocycles. The molecule has 3 aromatic carbocycles. The minimum atomic E-state index is -0.0713. The highest BCUT2D eigenvalue weighted by Gasteiger charge is 2.35. The maximum atomic E-state index is 13.2. The van der Waals surface area contributed by atoms with Crippen molar-refractivity contribution in [2.24, 2.45) is 0 Å². The van der Waals surface area contributed by atoms with Gasteiger partial charge in [-0.05, 0) is 55.2 Å². The molecule has 2 aliphatic rings. The number of hydrogen-bond acceptors (Lipinski definition) is 5. The molecule has 2 aliphatic heterocycles. The summed E-state index contributed by atoms with van der Waals surface area (Å²) in [6.45, 7) is 5.94. The number of hydrogen-bond donors (Lipinski definition) is 0. The summed E-state index contributed by atoms with van der Waals surface area (Å²) < 4.78 is 17.7. The third kappa shape index (κ3) is 4.12. The van der Waals surface area contributed by atoms with Gasteiger partial charge in [0.2, 0.25) is 5.78 Å². The lowest BCUT2D eigenvalue weighted by atomic mass is 9.98. The van der Waals surface area contributed by atoms with Gasteiger partial charge < -0.3 is 14.2 Å². The van der Waals surface area contributed by atoms with Gasteiger partial charge in [0.05, 0.1) is 18.2 Å². The fraction of sp³-hybridized carbons (Fsp3) is 0.250.